The topological polar surface area (TPSA) is 25.8 Å². The van der Waals surface area contributed by atoms with Crippen LogP contribution in [0.25, 0.3) is 45.8 Å². The summed E-state index contributed by atoms with van der Waals surface area (Å²) in [5.41, 5.74) is 5.43. The maximum atomic E-state index is 4.56. The fourth-order valence-electron chi connectivity index (χ4n) is 3.92. The van der Waals surface area contributed by atoms with Crippen LogP contribution in [-0.4, -0.2) is 17.8 Å². The van der Waals surface area contributed by atoms with Gasteiger partial charge in [-0.3, -0.25) is 9.97 Å². The molecule has 2 aromatic heterocycles. The van der Waals surface area contributed by atoms with E-state index in [0.717, 1.165) is 37.8 Å². The molecule has 2 heterocycles. The fraction of sp³-hybridized carbons (Fsp3) is 0. The van der Waals surface area contributed by atoms with Gasteiger partial charge in [0.25, 0.3) is 0 Å². The Morgan fingerprint density at radius 2 is 1.16 bits per heavy atom. The molecule has 0 aliphatic heterocycles. The third kappa shape index (κ3) is 4.14. The quantitative estimate of drug-likeness (QED) is 0.292. The van der Waals surface area contributed by atoms with Gasteiger partial charge in [0.05, 0.1) is 11.4 Å². The molecule has 32 heavy (non-hydrogen) atoms. The van der Waals surface area contributed by atoms with E-state index in [-0.39, 0.29) is 0 Å². The van der Waals surface area contributed by atoms with Crippen LogP contribution in [0.15, 0.2) is 89.7 Å². The van der Waals surface area contributed by atoms with Crippen LogP contribution in [0.2, 0.25) is 0 Å². The van der Waals surface area contributed by atoms with Crippen molar-refractivity contribution in [3.05, 3.63) is 112 Å². The Morgan fingerprint density at radius 3 is 1.75 bits per heavy atom. The van der Waals surface area contributed by atoms with Gasteiger partial charge in [-0.1, -0.05) is 88.1 Å². The second kappa shape index (κ2) is 8.93. The van der Waals surface area contributed by atoms with E-state index in [2.05, 4.69) is 113 Å². The molecule has 0 unspecified atom stereocenters. The van der Waals surface area contributed by atoms with Gasteiger partial charge in [0.15, 0.2) is 0 Å². The van der Waals surface area contributed by atoms with E-state index in [0.29, 0.717) is 0 Å². The molecule has 0 atom stereocenters. The first kappa shape index (κ1) is 20.4. The van der Waals surface area contributed by atoms with Crippen molar-refractivity contribution in [3.63, 3.8) is 0 Å². The molecule has 0 spiro atoms. The van der Waals surface area contributed by atoms with Crippen molar-refractivity contribution < 1.29 is 0 Å². The Labute approximate surface area is 196 Å². The third-order valence-electron chi connectivity index (χ3n) is 5.64. The van der Waals surface area contributed by atoms with Gasteiger partial charge in [-0.2, -0.15) is 0 Å². The minimum atomic E-state index is 0.971. The van der Waals surface area contributed by atoms with Crippen LogP contribution >= 0.6 is 15.9 Å². The van der Waals surface area contributed by atoms with Crippen molar-refractivity contribution in [1.82, 2.24) is 9.97 Å². The predicted octanol–water partition coefficient (Wildman–Crippen LogP) is 6.14. The maximum absolute atomic E-state index is 4.56. The molecule has 0 N–H and O–H groups in total. The van der Waals surface area contributed by atoms with Gasteiger partial charge in [0, 0.05) is 27.6 Å². The zero-order chi connectivity index (χ0) is 21.9. The normalized spacial score (nSPS) is 11.8. The SMILES string of the molecule is Bc1cc(/C=C/c2nccc3ccccc23)c(Br)cc1/C=C/c1nccc2ccccc12. The van der Waals surface area contributed by atoms with E-state index in [1.807, 2.05) is 30.6 Å². The van der Waals surface area contributed by atoms with Gasteiger partial charge in [0.1, 0.15) is 7.85 Å². The lowest BCUT2D eigenvalue weighted by Gasteiger charge is -2.07. The standard InChI is InChI=1S/C28H20BBrN2/c29-25-17-22(10-12-28-24-8-4-2-6-20(24)14-16-32-28)26(30)18-21(25)9-11-27-23-7-3-1-5-19(23)13-15-31-27/h1-18H,29H2/b11-9+,12-10+. The molecule has 0 saturated heterocycles. The number of hydrogen-bond acceptors (Lipinski definition) is 2. The van der Waals surface area contributed by atoms with Gasteiger partial charge in [-0.15, -0.1) is 0 Å². The monoisotopic (exact) mass is 474 g/mol. The van der Waals surface area contributed by atoms with E-state index >= 15 is 0 Å². The van der Waals surface area contributed by atoms with E-state index in [4.69, 9.17) is 0 Å². The molecule has 2 nitrogen and oxygen atoms in total. The zero-order valence-electron chi connectivity index (χ0n) is 17.7. The lowest BCUT2D eigenvalue weighted by atomic mass is 9.88. The Balaban J connectivity index is 1.45. The summed E-state index contributed by atoms with van der Waals surface area (Å²) in [6, 6.07) is 25.1. The molecule has 152 valence electrons. The summed E-state index contributed by atoms with van der Waals surface area (Å²) in [7, 11) is 2.14. The average molecular weight is 475 g/mol. The summed E-state index contributed by atoms with van der Waals surface area (Å²) < 4.78 is 1.05. The minimum Gasteiger partial charge on any atom is -0.256 e. The summed E-state index contributed by atoms with van der Waals surface area (Å²) in [6.07, 6.45) is 12.1. The van der Waals surface area contributed by atoms with Crippen LogP contribution in [-0.2, 0) is 0 Å². The first-order chi connectivity index (χ1) is 15.7. The first-order valence-electron chi connectivity index (χ1n) is 10.5. The third-order valence-corrected chi connectivity index (χ3v) is 6.32. The predicted molar refractivity (Wildman–Crippen MR) is 144 cm³/mol. The Kier molecular flexibility index (Phi) is 5.70. The summed E-state index contributed by atoms with van der Waals surface area (Å²) in [6.45, 7) is 0. The Hall–Kier alpha value is -3.50. The fourth-order valence-corrected chi connectivity index (χ4v) is 4.41. The summed E-state index contributed by atoms with van der Waals surface area (Å²) in [5, 5.41) is 4.70. The van der Waals surface area contributed by atoms with E-state index < -0.39 is 0 Å². The van der Waals surface area contributed by atoms with Gasteiger partial charge >= 0.3 is 0 Å². The molecule has 0 fully saturated rings. The molecule has 5 rings (SSSR count). The molecule has 0 bridgehead atoms. The van der Waals surface area contributed by atoms with Crippen molar-refractivity contribution >= 4 is 75.1 Å². The highest BCUT2D eigenvalue weighted by Gasteiger charge is 2.04. The summed E-state index contributed by atoms with van der Waals surface area (Å²) in [4.78, 5) is 9.12. The van der Waals surface area contributed by atoms with Crippen LogP contribution < -0.4 is 5.46 Å². The molecular formula is C28H20BBrN2. The van der Waals surface area contributed by atoms with Crippen molar-refractivity contribution in [1.29, 1.82) is 0 Å². The number of fused-ring (bicyclic) bond motifs is 2. The molecule has 0 aliphatic rings. The molecule has 0 saturated carbocycles. The zero-order valence-corrected chi connectivity index (χ0v) is 19.3. The number of pyridine rings is 2. The van der Waals surface area contributed by atoms with Crippen LogP contribution in [0.3, 0.4) is 0 Å². The molecule has 0 radical (unpaired) electrons. The summed E-state index contributed by atoms with van der Waals surface area (Å²) in [5.74, 6) is 0. The average Bonchev–Trinajstić information content (AvgIpc) is 2.83. The minimum absolute atomic E-state index is 0.971. The van der Waals surface area contributed by atoms with Crippen LogP contribution in [0.1, 0.15) is 22.5 Å². The van der Waals surface area contributed by atoms with E-state index in [1.165, 1.54) is 16.2 Å². The van der Waals surface area contributed by atoms with E-state index in [9.17, 15) is 0 Å². The number of hydrogen-bond donors (Lipinski definition) is 0. The highest BCUT2D eigenvalue weighted by molar-refractivity contribution is 9.10. The summed E-state index contributed by atoms with van der Waals surface area (Å²) >= 11 is 3.75. The molecule has 5 aromatic rings. The smallest absolute Gasteiger partial charge is 0.140 e. The Morgan fingerprint density at radius 1 is 0.625 bits per heavy atom. The van der Waals surface area contributed by atoms with Gasteiger partial charge < -0.3 is 0 Å². The van der Waals surface area contributed by atoms with Gasteiger partial charge in [-0.25, -0.2) is 0 Å². The molecule has 0 amide bonds. The van der Waals surface area contributed by atoms with Crippen molar-refractivity contribution in [2.24, 2.45) is 0 Å². The van der Waals surface area contributed by atoms with E-state index in [1.54, 1.807) is 0 Å². The second-order valence-electron chi connectivity index (χ2n) is 7.73. The number of nitrogens with zero attached hydrogens (tertiary/aromatic N) is 2. The largest absolute Gasteiger partial charge is 0.256 e. The van der Waals surface area contributed by atoms with Gasteiger partial charge in [-0.05, 0) is 52.3 Å². The lowest BCUT2D eigenvalue weighted by Crippen LogP contribution is -2.07. The molecule has 4 heteroatoms. The highest BCUT2D eigenvalue weighted by Crippen LogP contribution is 2.24. The molecule has 0 aliphatic carbocycles. The Bertz CT molecular complexity index is 1380. The van der Waals surface area contributed by atoms with Crippen LogP contribution in [0.4, 0.5) is 0 Å². The van der Waals surface area contributed by atoms with Crippen molar-refractivity contribution in [3.8, 4) is 0 Å². The number of rotatable bonds is 4. The van der Waals surface area contributed by atoms with Gasteiger partial charge in [0.2, 0.25) is 0 Å². The first-order valence-corrected chi connectivity index (χ1v) is 11.3. The van der Waals surface area contributed by atoms with Crippen molar-refractivity contribution in [2.75, 3.05) is 0 Å². The highest BCUT2D eigenvalue weighted by atomic mass is 79.9. The number of benzene rings is 3. The number of halogens is 1. The van der Waals surface area contributed by atoms with Crippen LogP contribution in [0.5, 0.6) is 0 Å². The lowest BCUT2D eigenvalue weighted by molar-refractivity contribution is 1.33. The maximum Gasteiger partial charge on any atom is 0.140 e. The molecular weight excluding hydrogens is 455 g/mol. The molecule has 3 aromatic carbocycles. The van der Waals surface area contributed by atoms with Crippen LogP contribution in [0, 0.1) is 0 Å². The number of aromatic nitrogens is 2. The van der Waals surface area contributed by atoms with Crippen molar-refractivity contribution in [2.45, 2.75) is 0 Å². The second-order valence-corrected chi connectivity index (χ2v) is 8.59.